The summed E-state index contributed by atoms with van der Waals surface area (Å²) in [4.78, 5) is 15.3. The summed E-state index contributed by atoms with van der Waals surface area (Å²) in [5.41, 5.74) is 0.728. The van der Waals surface area contributed by atoms with Crippen LogP contribution in [-0.4, -0.2) is 15.5 Å². The van der Waals surface area contributed by atoms with Crippen molar-refractivity contribution in [1.29, 1.82) is 0 Å². The zero-order chi connectivity index (χ0) is 10.8. The molecular formula is C11H15NOS. The number of aromatic nitrogens is 1. The second-order valence-electron chi connectivity index (χ2n) is 4.15. The molecule has 0 atom stereocenters. The molecule has 0 aliphatic heterocycles. The Labute approximate surface area is 89.1 Å². The van der Waals surface area contributed by atoms with E-state index in [2.05, 4.69) is 25.8 Å². The Hall–Kier alpha value is -0.830. The summed E-state index contributed by atoms with van der Waals surface area (Å²) in [6.45, 7) is 7.94. The summed E-state index contributed by atoms with van der Waals surface area (Å²) in [5, 5.41) is 0.908. The van der Waals surface area contributed by atoms with Gasteiger partial charge in [-0.25, -0.2) is 4.98 Å². The van der Waals surface area contributed by atoms with Gasteiger partial charge in [0.2, 0.25) is 0 Å². The first-order valence-electron chi connectivity index (χ1n) is 4.54. The molecule has 0 saturated heterocycles. The topological polar surface area (TPSA) is 30.0 Å². The number of carbonyl (C=O) groups is 1. The van der Waals surface area contributed by atoms with Crippen LogP contribution in [0.3, 0.4) is 0 Å². The maximum atomic E-state index is 11.1. The van der Waals surface area contributed by atoms with Crippen LogP contribution in [-0.2, 0) is 0 Å². The number of pyridine rings is 1. The zero-order valence-corrected chi connectivity index (χ0v) is 9.81. The molecule has 3 heteroatoms. The van der Waals surface area contributed by atoms with Crippen LogP contribution in [0.5, 0.6) is 0 Å². The molecule has 1 aromatic rings. The van der Waals surface area contributed by atoms with Gasteiger partial charge < -0.3 is 0 Å². The average molecular weight is 209 g/mol. The fraction of sp³-hybridized carbons (Fsp3) is 0.455. The van der Waals surface area contributed by atoms with Gasteiger partial charge in [0.05, 0.1) is 5.03 Å². The van der Waals surface area contributed by atoms with E-state index in [1.807, 2.05) is 6.07 Å². The lowest BCUT2D eigenvalue weighted by atomic mass is 10.2. The lowest BCUT2D eigenvalue weighted by Crippen LogP contribution is -2.07. The molecule has 1 heterocycles. The Balaban J connectivity index is 2.89. The van der Waals surface area contributed by atoms with Crippen LogP contribution in [0.1, 0.15) is 38.1 Å². The molecule has 76 valence electrons. The van der Waals surface area contributed by atoms with E-state index in [0.29, 0.717) is 0 Å². The molecule has 0 amide bonds. The molecule has 0 spiro atoms. The van der Waals surface area contributed by atoms with E-state index in [0.717, 1.165) is 10.6 Å². The minimum atomic E-state index is 0.0863. The number of hydrogen-bond acceptors (Lipinski definition) is 3. The first-order valence-corrected chi connectivity index (χ1v) is 5.36. The van der Waals surface area contributed by atoms with Gasteiger partial charge in [0.1, 0.15) is 0 Å². The van der Waals surface area contributed by atoms with Crippen LogP contribution >= 0.6 is 11.8 Å². The lowest BCUT2D eigenvalue weighted by Gasteiger charge is -2.16. The van der Waals surface area contributed by atoms with E-state index < -0.39 is 0 Å². The number of nitrogens with zero attached hydrogens (tertiary/aromatic N) is 1. The minimum Gasteiger partial charge on any atom is -0.295 e. The smallest absolute Gasteiger partial charge is 0.159 e. The first-order chi connectivity index (χ1) is 6.38. The molecule has 0 aliphatic carbocycles. The molecule has 0 unspecified atom stereocenters. The highest BCUT2D eigenvalue weighted by atomic mass is 32.2. The SMILES string of the molecule is CC(=O)c1ccnc(SC(C)(C)C)c1. The van der Waals surface area contributed by atoms with Gasteiger partial charge in [0, 0.05) is 16.5 Å². The molecule has 0 saturated carbocycles. The van der Waals surface area contributed by atoms with Crippen molar-refractivity contribution in [2.75, 3.05) is 0 Å². The van der Waals surface area contributed by atoms with Crippen LogP contribution < -0.4 is 0 Å². The monoisotopic (exact) mass is 209 g/mol. The molecule has 0 aromatic carbocycles. The van der Waals surface area contributed by atoms with Crippen molar-refractivity contribution in [1.82, 2.24) is 4.98 Å². The van der Waals surface area contributed by atoms with Crippen molar-refractivity contribution >= 4 is 17.5 Å². The van der Waals surface area contributed by atoms with Gasteiger partial charge in [-0.1, -0.05) is 20.8 Å². The van der Waals surface area contributed by atoms with Gasteiger partial charge in [-0.05, 0) is 19.1 Å². The third kappa shape index (κ3) is 3.50. The van der Waals surface area contributed by atoms with E-state index in [4.69, 9.17) is 0 Å². The molecule has 0 bridgehead atoms. The molecular weight excluding hydrogens is 194 g/mol. The standard InChI is InChI=1S/C11H15NOS/c1-8(13)9-5-6-12-10(7-9)14-11(2,3)4/h5-7H,1-4H3. The van der Waals surface area contributed by atoms with E-state index in [1.165, 1.54) is 0 Å². The number of Topliss-reactive ketones (excluding diaryl/α,β-unsaturated/α-hetero) is 1. The molecule has 2 nitrogen and oxygen atoms in total. The van der Waals surface area contributed by atoms with E-state index in [-0.39, 0.29) is 10.5 Å². The molecule has 14 heavy (non-hydrogen) atoms. The summed E-state index contributed by atoms with van der Waals surface area (Å²) < 4.78 is 0.127. The van der Waals surface area contributed by atoms with Crippen LogP contribution in [0, 0.1) is 0 Å². The molecule has 0 radical (unpaired) electrons. The number of rotatable bonds is 2. The quantitative estimate of drug-likeness (QED) is 0.553. The second kappa shape index (κ2) is 4.13. The van der Waals surface area contributed by atoms with Crippen LogP contribution in [0.4, 0.5) is 0 Å². The van der Waals surface area contributed by atoms with Gasteiger partial charge in [-0.15, -0.1) is 11.8 Å². The number of carbonyl (C=O) groups excluding carboxylic acids is 1. The van der Waals surface area contributed by atoms with Crippen LogP contribution in [0.25, 0.3) is 0 Å². The second-order valence-corrected chi connectivity index (χ2v) is 6.00. The normalized spacial score (nSPS) is 11.4. The van der Waals surface area contributed by atoms with Gasteiger partial charge in [0.25, 0.3) is 0 Å². The highest BCUT2D eigenvalue weighted by Gasteiger charge is 2.13. The Morgan fingerprint density at radius 1 is 1.43 bits per heavy atom. The summed E-state index contributed by atoms with van der Waals surface area (Å²) in [6.07, 6.45) is 1.69. The van der Waals surface area contributed by atoms with Gasteiger partial charge in [-0.2, -0.15) is 0 Å². The summed E-state index contributed by atoms with van der Waals surface area (Å²) in [5.74, 6) is 0.0863. The van der Waals surface area contributed by atoms with Crippen molar-refractivity contribution < 1.29 is 4.79 Å². The Morgan fingerprint density at radius 2 is 2.07 bits per heavy atom. The van der Waals surface area contributed by atoms with E-state index >= 15 is 0 Å². The fourth-order valence-electron chi connectivity index (χ4n) is 0.998. The van der Waals surface area contributed by atoms with Crippen molar-refractivity contribution in [2.24, 2.45) is 0 Å². The van der Waals surface area contributed by atoms with Crippen molar-refractivity contribution in [2.45, 2.75) is 37.5 Å². The van der Waals surface area contributed by atoms with Gasteiger partial charge in [-0.3, -0.25) is 4.79 Å². The van der Waals surface area contributed by atoms with E-state index in [1.54, 1.807) is 30.9 Å². The predicted octanol–water partition coefficient (Wildman–Crippen LogP) is 3.17. The zero-order valence-electron chi connectivity index (χ0n) is 9.00. The van der Waals surface area contributed by atoms with Gasteiger partial charge >= 0.3 is 0 Å². The Kier molecular flexibility index (Phi) is 3.32. The third-order valence-corrected chi connectivity index (χ3v) is 2.60. The first kappa shape index (κ1) is 11.2. The summed E-state index contributed by atoms with van der Waals surface area (Å²) >= 11 is 1.67. The number of ketones is 1. The van der Waals surface area contributed by atoms with Crippen molar-refractivity contribution in [3.63, 3.8) is 0 Å². The van der Waals surface area contributed by atoms with Gasteiger partial charge in [0.15, 0.2) is 5.78 Å². The highest BCUT2D eigenvalue weighted by Crippen LogP contribution is 2.30. The maximum Gasteiger partial charge on any atom is 0.159 e. The Bertz CT molecular complexity index is 341. The molecule has 0 fully saturated rings. The van der Waals surface area contributed by atoms with Crippen molar-refractivity contribution in [3.8, 4) is 0 Å². The molecule has 0 aliphatic rings. The predicted molar refractivity (Wildman–Crippen MR) is 59.9 cm³/mol. The molecule has 0 N–H and O–H groups in total. The van der Waals surface area contributed by atoms with Crippen molar-refractivity contribution in [3.05, 3.63) is 23.9 Å². The molecule has 1 rings (SSSR count). The highest BCUT2D eigenvalue weighted by molar-refractivity contribution is 8.00. The summed E-state index contributed by atoms with van der Waals surface area (Å²) in [6, 6.07) is 3.59. The average Bonchev–Trinajstić information content (AvgIpc) is 2.01. The summed E-state index contributed by atoms with van der Waals surface area (Å²) in [7, 11) is 0. The number of hydrogen-bond donors (Lipinski definition) is 0. The van der Waals surface area contributed by atoms with Crippen LogP contribution in [0.2, 0.25) is 0 Å². The largest absolute Gasteiger partial charge is 0.295 e. The van der Waals surface area contributed by atoms with Crippen LogP contribution in [0.15, 0.2) is 23.4 Å². The number of thioether (sulfide) groups is 1. The maximum absolute atomic E-state index is 11.1. The molecule has 1 aromatic heterocycles. The fourth-order valence-corrected chi connectivity index (χ4v) is 1.92. The third-order valence-electron chi connectivity index (χ3n) is 1.55. The lowest BCUT2D eigenvalue weighted by molar-refractivity contribution is 0.101. The minimum absolute atomic E-state index is 0.0863. The Morgan fingerprint density at radius 3 is 2.57 bits per heavy atom. The van der Waals surface area contributed by atoms with E-state index in [9.17, 15) is 4.79 Å².